The number of nitrogens with zero attached hydrogens (tertiary/aromatic N) is 1. The van der Waals surface area contributed by atoms with Crippen molar-refractivity contribution in [2.24, 2.45) is 0 Å². The summed E-state index contributed by atoms with van der Waals surface area (Å²) in [6.45, 7) is 2.24. The maximum Gasteiger partial charge on any atom is 0.260 e. The minimum Gasteiger partial charge on any atom is -0.494 e. The van der Waals surface area contributed by atoms with E-state index in [2.05, 4.69) is 5.32 Å². The van der Waals surface area contributed by atoms with Crippen LogP contribution in [0.4, 0.5) is 18.9 Å². The Morgan fingerprint density at radius 3 is 2.55 bits per heavy atom. The van der Waals surface area contributed by atoms with E-state index < -0.39 is 17.5 Å². The van der Waals surface area contributed by atoms with E-state index in [1.807, 2.05) is 18.2 Å². The molecule has 6 rings (SSSR count). The Balaban J connectivity index is 1.46. The van der Waals surface area contributed by atoms with Gasteiger partial charge in [0.05, 0.1) is 23.7 Å². The van der Waals surface area contributed by atoms with E-state index in [0.29, 0.717) is 39.9 Å². The lowest BCUT2D eigenvalue weighted by Crippen LogP contribution is -2.31. The largest absolute Gasteiger partial charge is 0.494 e. The first-order chi connectivity index (χ1) is 19.4. The van der Waals surface area contributed by atoms with Crippen molar-refractivity contribution in [2.45, 2.75) is 24.4 Å². The van der Waals surface area contributed by atoms with Crippen LogP contribution in [0.25, 0.3) is 11.1 Å². The van der Waals surface area contributed by atoms with Crippen LogP contribution in [0.5, 0.6) is 17.2 Å². The first-order valence-corrected chi connectivity index (χ1v) is 13.7. The van der Waals surface area contributed by atoms with Gasteiger partial charge in [-0.25, -0.2) is 13.2 Å². The Morgan fingerprint density at radius 2 is 1.77 bits per heavy atom. The number of hydrogen-bond acceptors (Lipinski definition) is 6. The van der Waals surface area contributed by atoms with Gasteiger partial charge in [0.25, 0.3) is 5.56 Å². The van der Waals surface area contributed by atoms with Crippen molar-refractivity contribution in [3.8, 4) is 28.4 Å². The van der Waals surface area contributed by atoms with Crippen LogP contribution in [0.1, 0.15) is 22.7 Å². The number of benzene rings is 3. The summed E-state index contributed by atoms with van der Waals surface area (Å²) >= 11 is 1.45. The SMILES string of the molecule is COc1cccc(-c2c(C)c(Cc3c(F)cccc3F)c3n(c2=O)C(CNc2ccc4c(c2)OCO4)CS3)c1F. The summed E-state index contributed by atoms with van der Waals surface area (Å²) in [7, 11) is 1.35. The lowest BCUT2D eigenvalue weighted by Gasteiger charge is -2.21. The van der Waals surface area contributed by atoms with Crippen molar-refractivity contribution >= 4 is 17.4 Å². The molecule has 2 aliphatic rings. The number of rotatable bonds is 7. The van der Waals surface area contributed by atoms with Crippen LogP contribution in [-0.2, 0) is 6.42 Å². The highest BCUT2D eigenvalue weighted by Gasteiger charge is 2.32. The molecule has 10 heteroatoms. The molecule has 6 nitrogen and oxygen atoms in total. The predicted molar refractivity (Wildman–Crippen MR) is 147 cm³/mol. The van der Waals surface area contributed by atoms with Gasteiger partial charge < -0.3 is 19.5 Å². The number of aromatic nitrogens is 1. The van der Waals surface area contributed by atoms with E-state index in [9.17, 15) is 13.6 Å². The minimum absolute atomic E-state index is 0.00102. The molecule has 0 spiro atoms. The molecule has 1 N–H and O–H groups in total. The normalized spacial score (nSPS) is 15.3. The van der Waals surface area contributed by atoms with Crippen molar-refractivity contribution in [3.63, 3.8) is 0 Å². The fourth-order valence-corrected chi connectivity index (χ4v) is 6.61. The molecule has 1 aromatic heterocycles. The Morgan fingerprint density at radius 1 is 1.02 bits per heavy atom. The van der Waals surface area contributed by atoms with Crippen LogP contribution in [0.15, 0.2) is 64.4 Å². The van der Waals surface area contributed by atoms with Gasteiger partial charge in [0.2, 0.25) is 6.79 Å². The summed E-state index contributed by atoms with van der Waals surface area (Å²) in [6, 6.07) is 13.5. The molecular weight excluding hydrogens is 541 g/mol. The lowest BCUT2D eigenvalue weighted by atomic mass is 9.94. The molecule has 2 aliphatic heterocycles. The number of fused-ring (bicyclic) bond motifs is 2. The molecule has 0 amide bonds. The van der Waals surface area contributed by atoms with Gasteiger partial charge in [-0.2, -0.15) is 0 Å². The van der Waals surface area contributed by atoms with E-state index in [1.165, 1.54) is 49.2 Å². The van der Waals surface area contributed by atoms with Crippen LogP contribution in [-0.4, -0.2) is 30.8 Å². The van der Waals surface area contributed by atoms with Crippen molar-refractivity contribution < 1.29 is 27.4 Å². The number of nitrogens with one attached hydrogen (secondary N) is 1. The van der Waals surface area contributed by atoms with E-state index in [0.717, 1.165) is 5.69 Å². The number of halogens is 3. The van der Waals surface area contributed by atoms with Crippen LogP contribution in [0.3, 0.4) is 0 Å². The molecule has 0 bridgehead atoms. The van der Waals surface area contributed by atoms with E-state index in [1.54, 1.807) is 17.6 Å². The molecule has 3 aromatic carbocycles. The average molecular weight is 567 g/mol. The third-order valence-corrected chi connectivity index (χ3v) is 8.57. The highest BCUT2D eigenvalue weighted by atomic mass is 32.2. The monoisotopic (exact) mass is 566 g/mol. The fourth-order valence-electron chi connectivity index (χ4n) is 5.23. The molecule has 1 atom stereocenters. The summed E-state index contributed by atoms with van der Waals surface area (Å²) in [4.78, 5) is 14.1. The number of ether oxygens (including phenoxy) is 3. The van der Waals surface area contributed by atoms with Crippen LogP contribution >= 0.6 is 11.8 Å². The molecule has 0 fully saturated rings. The summed E-state index contributed by atoms with van der Waals surface area (Å²) in [5.41, 5.74) is 1.58. The number of pyridine rings is 1. The minimum atomic E-state index is -0.678. The number of thioether (sulfide) groups is 1. The summed E-state index contributed by atoms with van der Waals surface area (Å²) in [5.74, 6) is -0.195. The van der Waals surface area contributed by atoms with E-state index in [-0.39, 0.29) is 47.3 Å². The fraction of sp³-hybridized carbons (Fsp3) is 0.233. The molecule has 0 saturated heterocycles. The second-order valence-corrected chi connectivity index (χ2v) is 10.6. The van der Waals surface area contributed by atoms with Gasteiger partial charge in [0.1, 0.15) is 11.6 Å². The lowest BCUT2D eigenvalue weighted by molar-refractivity contribution is 0.174. The van der Waals surface area contributed by atoms with Gasteiger partial charge in [0.15, 0.2) is 23.1 Å². The second-order valence-electron chi connectivity index (χ2n) is 9.57. The van der Waals surface area contributed by atoms with Gasteiger partial charge >= 0.3 is 0 Å². The first kappa shape index (κ1) is 26.2. The van der Waals surface area contributed by atoms with Gasteiger partial charge in [-0.05, 0) is 48.4 Å². The number of hydrogen-bond donors (Lipinski definition) is 1. The molecular formula is C30H25F3N2O4S. The quantitative estimate of drug-likeness (QED) is 0.282. The summed E-state index contributed by atoms with van der Waals surface area (Å²) < 4.78 is 62.6. The molecule has 3 heterocycles. The standard InChI is InChI=1S/C30H25F3N2O4S/c1-16-20(12-21-22(31)6-4-7-23(21)32)30-35(29(36)27(16)19-5-3-8-25(37-2)28(19)33)18(14-40-30)13-34-17-9-10-24-26(11-17)39-15-38-24/h3-11,18,34H,12-15H2,1-2H3. The molecule has 0 saturated carbocycles. The van der Waals surface area contributed by atoms with Gasteiger partial charge in [-0.1, -0.05) is 18.2 Å². The average Bonchev–Trinajstić information content (AvgIpc) is 3.59. The predicted octanol–water partition coefficient (Wildman–Crippen LogP) is 6.33. The highest BCUT2D eigenvalue weighted by Crippen LogP contribution is 2.41. The third kappa shape index (κ3) is 4.46. The number of anilines is 1. The Hall–Kier alpha value is -4.05. The van der Waals surface area contributed by atoms with Gasteiger partial charge in [-0.15, -0.1) is 11.8 Å². The first-order valence-electron chi connectivity index (χ1n) is 12.7. The molecule has 0 aliphatic carbocycles. The van der Waals surface area contributed by atoms with E-state index >= 15 is 4.39 Å². The van der Waals surface area contributed by atoms with Gasteiger partial charge in [0, 0.05) is 41.6 Å². The van der Waals surface area contributed by atoms with Crippen molar-refractivity contribution in [2.75, 3.05) is 31.5 Å². The zero-order chi connectivity index (χ0) is 28.0. The maximum absolute atomic E-state index is 15.5. The second kappa shape index (κ2) is 10.5. The smallest absolute Gasteiger partial charge is 0.260 e. The van der Waals surface area contributed by atoms with Gasteiger partial charge in [-0.3, -0.25) is 9.36 Å². The maximum atomic E-state index is 15.5. The topological polar surface area (TPSA) is 61.7 Å². The van der Waals surface area contributed by atoms with E-state index in [4.69, 9.17) is 14.2 Å². The summed E-state index contributed by atoms with van der Waals surface area (Å²) in [5, 5.41) is 3.97. The van der Waals surface area contributed by atoms with Crippen molar-refractivity contribution in [3.05, 3.63) is 99.1 Å². The molecule has 40 heavy (non-hydrogen) atoms. The molecule has 0 radical (unpaired) electrons. The molecule has 4 aromatic rings. The van der Waals surface area contributed by atoms with Crippen molar-refractivity contribution in [1.82, 2.24) is 4.57 Å². The summed E-state index contributed by atoms with van der Waals surface area (Å²) in [6.07, 6.45) is -0.0894. The zero-order valence-electron chi connectivity index (χ0n) is 21.7. The van der Waals surface area contributed by atoms with Crippen LogP contribution < -0.4 is 25.1 Å². The Bertz CT molecular complexity index is 1670. The van der Waals surface area contributed by atoms with Crippen molar-refractivity contribution in [1.29, 1.82) is 0 Å². The Labute approximate surface area is 232 Å². The zero-order valence-corrected chi connectivity index (χ0v) is 22.5. The molecule has 1 unspecified atom stereocenters. The highest BCUT2D eigenvalue weighted by molar-refractivity contribution is 7.99. The molecule has 206 valence electrons. The van der Waals surface area contributed by atoms with Crippen LogP contribution in [0, 0.1) is 24.4 Å². The number of methoxy groups -OCH3 is 1. The Kier molecular flexibility index (Phi) is 6.87. The third-order valence-electron chi connectivity index (χ3n) is 7.30. The van der Waals surface area contributed by atoms with Crippen LogP contribution in [0.2, 0.25) is 0 Å².